The number of aryl methyl sites for hydroxylation is 1. The predicted molar refractivity (Wildman–Crippen MR) is 61.4 cm³/mol. The molecule has 0 spiro atoms. The minimum atomic E-state index is 1.02. The zero-order valence-corrected chi connectivity index (χ0v) is 8.37. The summed E-state index contributed by atoms with van der Waals surface area (Å²) >= 11 is 0. The van der Waals surface area contributed by atoms with Crippen LogP contribution in [0.2, 0.25) is 0 Å². The monoisotopic (exact) mass is 183 g/mol. The van der Waals surface area contributed by atoms with Gasteiger partial charge in [-0.1, -0.05) is 55.8 Å². The highest BCUT2D eigenvalue weighted by Crippen LogP contribution is 2.27. The molecule has 0 nitrogen and oxygen atoms in total. The first-order chi connectivity index (χ1) is 6.92. The van der Waals surface area contributed by atoms with Crippen molar-refractivity contribution in [3.8, 4) is 11.1 Å². The van der Waals surface area contributed by atoms with Gasteiger partial charge in [0.05, 0.1) is 0 Å². The summed E-state index contributed by atoms with van der Waals surface area (Å²) in [5.41, 5.74) is 4.19. The van der Waals surface area contributed by atoms with Gasteiger partial charge in [0.25, 0.3) is 0 Å². The fourth-order valence-electron chi connectivity index (χ4n) is 1.81. The van der Waals surface area contributed by atoms with Crippen molar-refractivity contribution in [3.63, 3.8) is 0 Å². The van der Waals surface area contributed by atoms with E-state index in [9.17, 15) is 0 Å². The molecule has 0 heteroatoms. The molecular formula is C14H15. The lowest BCUT2D eigenvalue weighted by Crippen LogP contribution is -1.82. The van der Waals surface area contributed by atoms with Gasteiger partial charge >= 0.3 is 0 Å². The quantitative estimate of drug-likeness (QED) is 0.676. The van der Waals surface area contributed by atoms with Crippen LogP contribution in [-0.2, 0) is 6.42 Å². The Labute approximate surface area is 85.9 Å². The molecule has 0 amide bonds. The lowest BCUT2D eigenvalue weighted by Gasteiger charge is -1.99. The molecule has 2 aliphatic carbocycles. The summed E-state index contributed by atoms with van der Waals surface area (Å²) in [4.78, 5) is 0. The second-order valence-corrected chi connectivity index (χ2v) is 3.60. The molecule has 2 aliphatic rings. The normalized spacial score (nSPS) is 10.6. The summed E-state index contributed by atoms with van der Waals surface area (Å²) in [7, 11) is 0. The summed E-state index contributed by atoms with van der Waals surface area (Å²) in [6.07, 6.45) is 3.35. The van der Waals surface area contributed by atoms with Crippen LogP contribution in [0.25, 0.3) is 11.1 Å². The van der Waals surface area contributed by atoms with Gasteiger partial charge in [-0.3, -0.25) is 0 Å². The van der Waals surface area contributed by atoms with Crippen LogP contribution >= 0.6 is 0 Å². The Morgan fingerprint density at radius 2 is 1.79 bits per heavy atom. The van der Waals surface area contributed by atoms with E-state index in [1.807, 2.05) is 0 Å². The van der Waals surface area contributed by atoms with Crippen LogP contribution in [0.15, 0.2) is 42.5 Å². The van der Waals surface area contributed by atoms with Crippen molar-refractivity contribution >= 4 is 0 Å². The van der Waals surface area contributed by atoms with E-state index in [-0.39, 0.29) is 0 Å². The largest absolute Gasteiger partial charge is 0.0622 e. The van der Waals surface area contributed by atoms with Crippen LogP contribution < -0.4 is 0 Å². The highest BCUT2D eigenvalue weighted by atomic mass is 14.1. The van der Waals surface area contributed by atoms with Crippen LogP contribution in [0.4, 0.5) is 0 Å². The Bertz CT molecular complexity index is 376. The number of hydrogen-bond acceptors (Lipinski definition) is 0. The lowest BCUT2D eigenvalue weighted by molar-refractivity contribution is 0.844. The molecule has 2 rings (SSSR count). The molecule has 0 saturated heterocycles. The van der Waals surface area contributed by atoms with Gasteiger partial charge in [0.15, 0.2) is 0 Å². The maximum atomic E-state index is 3.88. The van der Waals surface area contributed by atoms with E-state index in [2.05, 4.69) is 49.4 Å². The van der Waals surface area contributed by atoms with Gasteiger partial charge in [0, 0.05) is 0 Å². The van der Waals surface area contributed by atoms with Gasteiger partial charge in [0.1, 0.15) is 0 Å². The molecule has 0 fully saturated rings. The number of hydrogen-bond donors (Lipinski definition) is 0. The van der Waals surface area contributed by atoms with Crippen molar-refractivity contribution in [2.75, 3.05) is 0 Å². The minimum absolute atomic E-state index is 1.02. The van der Waals surface area contributed by atoms with Crippen LogP contribution in [0, 0.1) is 6.92 Å². The summed E-state index contributed by atoms with van der Waals surface area (Å²) < 4.78 is 0. The number of rotatable bonds is 3. The molecule has 1 radical (unpaired) electrons. The van der Waals surface area contributed by atoms with Crippen molar-refractivity contribution in [1.29, 1.82) is 0 Å². The average Bonchev–Trinajstić information content (AvgIpc) is 2.45. The minimum Gasteiger partial charge on any atom is -0.0622 e. The Morgan fingerprint density at radius 3 is 2.64 bits per heavy atom. The lowest BCUT2D eigenvalue weighted by atomic mass is 10.1. The molecule has 0 atom stereocenters. The van der Waals surface area contributed by atoms with Gasteiger partial charge in [-0.2, -0.15) is 0 Å². The van der Waals surface area contributed by atoms with Crippen LogP contribution in [0.3, 0.4) is 0 Å². The average molecular weight is 183 g/mol. The smallest absolute Gasteiger partial charge is 0.0152 e. The number of unbranched alkanes of at least 4 members (excludes halogenated alkanes) is 1. The Balaban J connectivity index is 2.32. The molecule has 14 heavy (non-hydrogen) atoms. The van der Waals surface area contributed by atoms with E-state index in [0.29, 0.717) is 0 Å². The second kappa shape index (κ2) is 4.28. The van der Waals surface area contributed by atoms with E-state index in [1.165, 1.54) is 23.1 Å². The molecule has 0 aromatic rings. The van der Waals surface area contributed by atoms with E-state index in [4.69, 9.17) is 0 Å². The SMILES string of the molecule is [CH2]CCCc1ccc2cccccc1-2. The summed E-state index contributed by atoms with van der Waals surface area (Å²) in [6.45, 7) is 3.88. The molecule has 0 saturated carbocycles. The molecule has 0 N–H and O–H groups in total. The first-order valence-electron chi connectivity index (χ1n) is 5.17. The molecule has 0 aromatic carbocycles. The van der Waals surface area contributed by atoms with E-state index < -0.39 is 0 Å². The van der Waals surface area contributed by atoms with Gasteiger partial charge in [-0.25, -0.2) is 0 Å². The first-order valence-corrected chi connectivity index (χ1v) is 5.17. The highest BCUT2D eigenvalue weighted by molar-refractivity contribution is 5.70. The van der Waals surface area contributed by atoms with Crippen molar-refractivity contribution in [3.05, 3.63) is 55.0 Å². The molecule has 0 bridgehead atoms. The van der Waals surface area contributed by atoms with Gasteiger partial charge in [-0.15, -0.1) is 0 Å². The van der Waals surface area contributed by atoms with Crippen LogP contribution in [0.1, 0.15) is 18.4 Å². The third-order valence-corrected chi connectivity index (χ3v) is 2.58. The van der Waals surface area contributed by atoms with E-state index in [1.54, 1.807) is 0 Å². The Hall–Kier alpha value is -1.30. The zero-order valence-electron chi connectivity index (χ0n) is 8.37. The van der Waals surface area contributed by atoms with E-state index >= 15 is 0 Å². The molecule has 0 heterocycles. The number of fused-ring (bicyclic) bond motifs is 1. The van der Waals surface area contributed by atoms with Crippen molar-refractivity contribution in [1.82, 2.24) is 0 Å². The molecular weight excluding hydrogens is 168 g/mol. The zero-order chi connectivity index (χ0) is 9.80. The van der Waals surface area contributed by atoms with Gasteiger partial charge < -0.3 is 0 Å². The Kier molecular flexibility index (Phi) is 2.83. The maximum Gasteiger partial charge on any atom is -0.0152 e. The van der Waals surface area contributed by atoms with Gasteiger partial charge in [-0.05, 0) is 29.5 Å². The van der Waals surface area contributed by atoms with E-state index in [0.717, 1.165) is 12.8 Å². The summed E-state index contributed by atoms with van der Waals surface area (Å²) in [6, 6.07) is 15.1. The van der Waals surface area contributed by atoms with Crippen LogP contribution in [-0.4, -0.2) is 0 Å². The summed E-state index contributed by atoms with van der Waals surface area (Å²) in [5.74, 6) is 0. The molecule has 0 aromatic heterocycles. The maximum absolute atomic E-state index is 3.88. The fraction of sp³-hybridized carbons (Fsp3) is 0.214. The first kappa shape index (κ1) is 9.26. The standard InChI is InChI=1S/C14H15/c1-2-3-7-12-10-11-13-8-5-4-6-9-14(12)13/h4-6,8-11H,1-3,7H2. The third kappa shape index (κ3) is 1.79. The van der Waals surface area contributed by atoms with Crippen molar-refractivity contribution < 1.29 is 0 Å². The third-order valence-electron chi connectivity index (χ3n) is 2.58. The topological polar surface area (TPSA) is 0 Å². The van der Waals surface area contributed by atoms with Gasteiger partial charge in [0.2, 0.25) is 0 Å². The summed E-state index contributed by atoms with van der Waals surface area (Å²) in [5, 5.41) is 0. The Morgan fingerprint density at radius 1 is 0.929 bits per heavy atom. The fourth-order valence-corrected chi connectivity index (χ4v) is 1.81. The second-order valence-electron chi connectivity index (χ2n) is 3.60. The van der Waals surface area contributed by atoms with Crippen molar-refractivity contribution in [2.45, 2.75) is 19.3 Å². The predicted octanol–water partition coefficient (Wildman–Crippen LogP) is 3.95. The molecule has 0 unspecified atom stereocenters. The highest BCUT2D eigenvalue weighted by Gasteiger charge is 2.05. The molecule has 71 valence electrons. The van der Waals surface area contributed by atoms with Crippen LogP contribution in [0.5, 0.6) is 0 Å². The molecule has 0 aliphatic heterocycles. The van der Waals surface area contributed by atoms with Crippen molar-refractivity contribution in [2.24, 2.45) is 0 Å².